The van der Waals surface area contributed by atoms with E-state index in [0.717, 1.165) is 11.3 Å². The van der Waals surface area contributed by atoms with Crippen LogP contribution in [0, 0.1) is 0 Å². The highest BCUT2D eigenvalue weighted by Gasteiger charge is 2.02. The average molecular weight is 338 g/mol. The zero-order valence-electron chi connectivity index (χ0n) is 12.9. The first kappa shape index (κ1) is 15.9. The zero-order chi connectivity index (χ0) is 16.9. The van der Waals surface area contributed by atoms with Crippen molar-refractivity contribution < 1.29 is 9.53 Å². The molecule has 5 nitrogen and oxygen atoms in total. The van der Waals surface area contributed by atoms with E-state index < -0.39 is 0 Å². The summed E-state index contributed by atoms with van der Waals surface area (Å²) in [5, 5.41) is 0. The molecule has 0 saturated heterocycles. The number of thiazole rings is 1. The lowest BCUT2D eigenvalue weighted by molar-refractivity contribution is 0.106. The minimum absolute atomic E-state index is 0.175. The van der Waals surface area contributed by atoms with Gasteiger partial charge in [0, 0.05) is 24.0 Å². The van der Waals surface area contributed by atoms with Crippen LogP contribution in [0.4, 0.5) is 0 Å². The molecular weight excluding hydrogens is 324 g/mol. The fraction of sp³-hybridized carbons (Fsp3) is 0.0556. The second kappa shape index (κ2) is 7.06. The summed E-state index contributed by atoms with van der Waals surface area (Å²) in [6.07, 6.45) is 6.31. The number of nitrogens with one attached hydrogen (secondary N) is 1. The molecule has 0 fully saturated rings. The molecule has 3 aromatic rings. The van der Waals surface area contributed by atoms with Crippen molar-refractivity contribution in [2.45, 2.75) is 0 Å². The van der Waals surface area contributed by atoms with Crippen molar-refractivity contribution in [3.05, 3.63) is 79.5 Å². The number of nitrogens with zero attached hydrogens (tertiary/aromatic N) is 1. The number of ether oxygens (including phenoxy) is 1. The van der Waals surface area contributed by atoms with Crippen molar-refractivity contribution in [2.24, 2.45) is 0 Å². The van der Waals surface area contributed by atoms with Crippen LogP contribution in [0.15, 0.2) is 53.6 Å². The van der Waals surface area contributed by atoms with Crippen molar-refractivity contribution in [1.82, 2.24) is 9.97 Å². The van der Waals surface area contributed by atoms with Crippen molar-refractivity contribution in [1.29, 1.82) is 0 Å². The van der Waals surface area contributed by atoms with Crippen LogP contribution in [0.2, 0.25) is 0 Å². The number of H-pyrrole nitrogens is 1. The molecule has 0 atom stereocenters. The molecule has 0 bridgehead atoms. The molecule has 3 rings (SSSR count). The second-order valence-electron chi connectivity index (χ2n) is 4.95. The first-order chi connectivity index (χ1) is 11.7. The number of carbonyl (C=O) groups excluding carboxylic acids is 1. The van der Waals surface area contributed by atoms with Gasteiger partial charge in [-0.25, -0.2) is 0 Å². The number of methoxy groups -OCH3 is 1. The summed E-state index contributed by atoms with van der Waals surface area (Å²) in [5.41, 5.74) is 1.19. The Labute approximate surface area is 141 Å². The molecule has 0 aliphatic heterocycles. The first-order valence-corrected chi connectivity index (χ1v) is 7.98. The van der Waals surface area contributed by atoms with Gasteiger partial charge in [-0.2, -0.15) is 0 Å². The largest absolute Gasteiger partial charge is 0.497 e. The highest BCUT2D eigenvalue weighted by atomic mass is 32.1. The van der Waals surface area contributed by atoms with Crippen LogP contribution in [0.3, 0.4) is 0 Å². The smallest absolute Gasteiger partial charge is 0.266 e. The Morgan fingerprint density at radius 1 is 1.17 bits per heavy atom. The third-order valence-corrected chi connectivity index (χ3v) is 4.28. The number of rotatable bonds is 4. The van der Waals surface area contributed by atoms with E-state index in [1.807, 2.05) is 24.3 Å². The summed E-state index contributed by atoms with van der Waals surface area (Å²) in [6, 6.07) is 10.7. The Balaban J connectivity index is 1.95. The van der Waals surface area contributed by atoms with E-state index in [0.29, 0.717) is 14.8 Å². The summed E-state index contributed by atoms with van der Waals surface area (Å²) >= 11 is 1.24. The van der Waals surface area contributed by atoms with E-state index in [-0.39, 0.29) is 11.3 Å². The van der Waals surface area contributed by atoms with Gasteiger partial charge in [0.1, 0.15) is 5.75 Å². The standard InChI is InChI=1S/C18H14N2O3S/c1-23-14-4-2-12(3-5-14)10-16-18(22)20-17(24-16)11-15(21)13-6-8-19-9-7-13/h2-11H,1H3,(H,20,22)/b16-10+,17-11-. The molecule has 0 radical (unpaired) electrons. The van der Waals surface area contributed by atoms with Crippen LogP contribution < -0.4 is 19.5 Å². The lowest BCUT2D eigenvalue weighted by atomic mass is 10.2. The maximum atomic E-state index is 12.1. The summed E-state index contributed by atoms with van der Waals surface area (Å²) in [7, 11) is 1.60. The summed E-state index contributed by atoms with van der Waals surface area (Å²) in [4.78, 5) is 30.8. The van der Waals surface area contributed by atoms with Crippen LogP contribution >= 0.6 is 11.3 Å². The molecule has 0 spiro atoms. The third kappa shape index (κ3) is 3.67. The maximum Gasteiger partial charge on any atom is 0.266 e. The van der Waals surface area contributed by atoms with E-state index in [2.05, 4.69) is 9.97 Å². The van der Waals surface area contributed by atoms with Gasteiger partial charge in [-0.05, 0) is 35.9 Å². The lowest BCUT2D eigenvalue weighted by Gasteiger charge is -1.98. The average Bonchev–Trinajstić information content (AvgIpc) is 2.95. The van der Waals surface area contributed by atoms with E-state index in [1.54, 1.807) is 37.7 Å². The minimum Gasteiger partial charge on any atom is -0.497 e. The Morgan fingerprint density at radius 2 is 1.88 bits per heavy atom. The van der Waals surface area contributed by atoms with E-state index >= 15 is 0 Å². The van der Waals surface area contributed by atoms with Crippen molar-refractivity contribution >= 4 is 29.3 Å². The van der Waals surface area contributed by atoms with E-state index in [4.69, 9.17) is 4.74 Å². The molecule has 1 aromatic carbocycles. The highest BCUT2D eigenvalue weighted by Crippen LogP contribution is 2.11. The van der Waals surface area contributed by atoms with Gasteiger partial charge in [0.15, 0.2) is 5.78 Å². The molecule has 0 aliphatic rings. The molecule has 0 aliphatic carbocycles. The highest BCUT2D eigenvalue weighted by molar-refractivity contribution is 7.07. The first-order valence-electron chi connectivity index (χ1n) is 7.17. The fourth-order valence-corrected chi connectivity index (χ4v) is 2.98. The number of aromatic nitrogens is 2. The number of Topliss-reactive ketones (excluding diaryl/α,β-unsaturated/α-hetero) is 1. The van der Waals surface area contributed by atoms with Gasteiger partial charge in [-0.1, -0.05) is 12.1 Å². The molecule has 0 unspecified atom stereocenters. The number of carbonyl (C=O) groups is 1. The number of ketones is 1. The van der Waals surface area contributed by atoms with Crippen molar-refractivity contribution in [2.75, 3.05) is 7.11 Å². The third-order valence-electron chi connectivity index (χ3n) is 3.32. The summed E-state index contributed by atoms with van der Waals surface area (Å²) in [6.45, 7) is 0. The Bertz CT molecular complexity index is 1020. The Morgan fingerprint density at radius 3 is 2.54 bits per heavy atom. The minimum atomic E-state index is -0.218. The van der Waals surface area contributed by atoms with Gasteiger partial charge in [0.2, 0.25) is 0 Å². The van der Waals surface area contributed by atoms with Crippen molar-refractivity contribution in [3.8, 4) is 5.75 Å². The summed E-state index contributed by atoms with van der Waals surface area (Å²) in [5.74, 6) is 0.579. The van der Waals surface area contributed by atoms with Crippen LogP contribution in [-0.2, 0) is 0 Å². The van der Waals surface area contributed by atoms with E-state index in [9.17, 15) is 9.59 Å². The van der Waals surface area contributed by atoms with Crippen LogP contribution in [0.25, 0.3) is 12.2 Å². The van der Waals surface area contributed by atoms with Gasteiger partial charge in [0.05, 0.1) is 16.3 Å². The molecule has 24 heavy (non-hydrogen) atoms. The predicted octanol–water partition coefficient (Wildman–Crippen LogP) is 1.33. The molecule has 6 heteroatoms. The molecule has 0 saturated carbocycles. The van der Waals surface area contributed by atoms with Crippen molar-refractivity contribution in [3.63, 3.8) is 0 Å². The fourth-order valence-electron chi connectivity index (χ4n) is 2.09. The Kier molecular flexibility index (Phi) is 4.67. The summed E-state index contributed by atoms with van der Waals surface area (Å²) < 4.78 is 6.16. The van der Waals surface area contributed by atoms with Crippen LogP contribution in [-0.4, -0.2) is 22.9 Å². The van der Waals surface area contributed by atoms with Gasteiger partial charge < -0.3 is 9.72 Å². The van der Waals surface area contributed by atoms with Crippen LogP contribution in [0.5, 0.6) is 5.75 Å². The second-order valence-corrected chi connectivity index (χ2v) is 6.03. The van der Waals surface area contributed by atoms with Gasteiger partial charge in [0.25, 0.3) is 5.56 Å². The number of hydrogen-bond donors (Lipinski definition) is 1. The predicted molar refractivity (Wildman–Crippen MR) is 93.8 cm³/mol. The molecule has 0 amide bonds. The van der Waals surface area contributed by atoms with Gasteiger partial charge >= 0.3 is 0 Å². The molecule has 120 valence electrons. The topological polar surface area (TPSA) is 72.0 Å². The zero-order valence-corrected chi connectivity index (χ0v) is 13.7. The monoisotopic (exact) mass is 338 g/mol. The number of pyridine rings is 1. The number of aromatic amines is 1. The molecule has 1 N–H and O–H groups in total. The number of hydrogen-bond acceptors (Lipinski definition) is 5. The van der Waals surface area contributed by atoms with Gasteiger partial charge in [-0.15, -0.1) is 11.3 Å². The molecule has 2 aromatic heterocycles. The lowest BCUT2D eigenvalue weighted by Crippen LogP contribution is -2.19. The quantitative estimate of drug-likeness (QED) is 0.729. The van der Waals surface area contributed by atoms with Gasteiger partial charge in [-0.3, -0.25) is 14.6 Å². The Hall–Kier alpha value is -2.99. The van der Waals surface area contributed by atoms with Crippen LogP contribution in [0.1, 0.15) is 15.9 Å². The normalized spacial score (nSPS) is 12.4. The molecule has 2 heterocycles. The maximum absolute atomic E-state index is 12.1. The SMILES string of the molecule is COc1ccc(/C=c2/s/c(=C\C(=O)c3ccncc3)[nH]c2=O)cc1. The van der Waals surface area contributed by atoms with E-state index in [1.165, 1.54) is 17.4 Å². The number of benzene rings is 1. The molecular formula is C18H14N2O3S.